The van der Waals surface area contributed by atoms with Crippen LogP contribution in [0, 0.1) is 11.8 Å². The summed E-state index contributed by atoms with van der Waals surface area (Å²) in [4.78, 5) is 0. The predicted molar refractivity (Wildman–Crippen MR) is 58.7 cm³/mol. The Morgan fingerprint density at radius 2 is 2.00 bits per heavy atom. The van der Waals surface area contributed by atoms with Crippen molar-refractivity contribution in [2.45, 2.75) is 52.6 Å². The van der Waals surface area contributed by atoms with Crippen LogP contribution in [0.2, 0.25) is 0 Å². The number of allylic oxidation sites excluding steroid dienone is 1. The first-order chi connectivity index (χ1) is 6.61. The predicted octanol–water partition coefficient (Wildman–Crippen LogP) is 3.68. The fraction of sp³-hybridized carbons (Fsp3) is 0.833. The summed E-state index contributed by atoms with van der Waals surface area (Å²) in [6.07, 6.45) is 5.21. The number of rotatable bonds is 7. The number of hydrogen-bond acceptors (Lipinski definition) is 1. The molecule has 0 saturated heterocycles. The van der Waals surface area contributed by atoms with Crippen LogP contribution in [0.4, 0.5) is 4.39 Å². The molecule has 84 valence electrons. The maximum atomic E-state index is 11.9. The lowest BCUT2D eigenvalue weighted by molar-refractivity contribution is 0.0872. The zero-order chi connectivity index (χ0) is 11.0. The van der Waals surface area contributed by atoms with Gasteiger partial charge in [-0.2, -0.15) is 0 Å². The lowest BCUT2D eigenvalue weighted by Crippen LogP contribution is -2.21. The first kappa shape index (κ1) is 13.6. The third-order valence-electron chi connectivity index (χ3n) is 2.43. The molecule has 1 N–H and O–H groups in total. The SMILES string of the molecule is CCCC(O)C(CC=CF)CC(C)C. The second-order valence-corrected chi connectivity index (χ2v) is 4.34. The van der Waals surface area contributed by atoms with Crippen LogP contribution in [-0.4, -0.2) is 11.2 Å². The van der Waals surface area contributed by atoms with Gasteiger partial charge in [0.1, 0.15) is 0 Å². The van der Waals surface area contributed by atoms with Gasteiger partial charge in [-0.15, -0.1) is 0 Å². The van der Waals surface area contributed by atoms with Crippen LogP contribution in [-0.2, 0) is 0 Å². The highest BCUT2D eigenvalue weighted by molar-refractivity contribution is 4.81. The van der Waals surface area contributed by atoms with Crippen molar-refractivity contribution in [1.82, 2.24) is 0 Å². The van der Waals surface area contributed by atoms with E-state index >= 15 is 0 Å². The van der Waals surface area contributed by atoms with Crippen molar-refractivity contribution in [3.8, 4) is 0 Å². The molecule has 14 heavy (non-hydrogen) atoms. The standard InChI is InChI=1S/C12H23FO/c1-4-6-12(14)11(7-5-8-13)9-10(2)3/h5,8,10-12,14H,4,6-7,9H2,1-3H3. The van der Waals surface area contributed by atoms with Gasteiger partial charge in [0.25, 0.3) is 0 Å². The van der Waals surface area contributed by atoms with Crippen LogP contribution in [0.1, 0.15) is 46.5 Å². The number of hydrogen-bond donors (Lipinski definition) is 1. The zero-order valence-corrected chi connectivity index (χ0v) is 9.54. The van der Waals surface area contributed by atoms with Crippen LogP contribution in [0.3, 0.4) is 0 Å². The Bertz CT molecular complexity index is 154. The summed E-state index contributed by atoms with van der Waals surface area (Å²) < 4.78 is 11.9. The molecule has 2 atom stereocenters. The minimum atomic E-state index is -0.279. The third-order valence-corrected chi connectivity index (χ3v) is 2.43. The van der Waals surface area contributed by atoms with Gasteiger partial charge in [-0.25, -0.2) is 4.39 Å². The molecule has 0 aliphatic carbocycles. The van der Waals surface area contributed by atoms with Gasteiger partial charge >= 0.3 is 0 Å². The van der Waals surface area contributed by atoms with E-state index in [4.69, 9.17) is 0 Å². The van der Waals surface area contributed by atoms with Crippen LogP contribution in [0.5, 0.6) is 0 Å². The average molecular weight is 202 g/mol. The Balaban J connectivity index is 4.07. The third kappa shape index (κ3) is 6.14. The van der Waals surface area contributed by atoms with Gasteiger partial charge in [0.05, 0.1) is 12.4 Å². The van der Waals surface area contributed by atoms with E-state index in [2.05, 4.69) is 20.8 Å². The molecule has 0 aliphatic rings. The Hall–Kier alpha value is -0.370. The smallest absolute Gasteiger partial charge is 0.0827 e. The molecule has 0 amide bonds. The topological polar surface area (TPSA) is 20.2 Å². The summed E-state index contributed by atoms with van der Waals surface area (Å²) in [6.45, 7) is 6.32. The fourth-order valence-electron chi connectivity index (χ4n) is 1.77. The molecule has 0 aromatic carbocycles. The molecule has 0 spiro atoms. The first-order valence-corrected chi connectivity index (χ1v) is 5.55. The highest BCUT2D eigenvalue weighted by Gasteiger charge is 2.18. The molecule has 2 heteroatoms. The number of aliphatic hydroxyl groups is 1. The summed E-state index contributed by atoms with van der Waals surface area (Å²) in [6, 6.07) is 0. The Labute approximate surface area is 87.0 Å². The van der Waals surface area contributed by atoms with Gasteiger partial charge in [-0.3, -0.25) is 0 Å². The second kappa shape index (κ2) is 7.98. The van der Waals surface area contributed by atoms with E-state index < -0.39 is 0 Å². The van der Waals surface area contributed by atoms with Crippen LogP contribution in [0.15, 0.2) is 12.4 Å². The van der Waals surface area contributed by atoms with Crippen molar-refractivity contribution in [3.63, 3.8) is 0 Å². The van der Waals surface area contributed by atoms with E-state index in [0.717, 1.165) is 19.3 Å². The van der Waals surface area contributed by atoms with Crippen molar-refractivity contribution in [2.24, 2.45) is 11.8 Å². The molecule has 0 aliphatic heterocycles. The Kier molecular flexibility index (Phi) is 7.77. The maximum Gasteiger partial charge on any atom is 0.0827 e. The van der Waals surface area contributed by atoms with Crippen LogP contribution in [0.25, 0.3) is 0 Å². The highest BCUT2D eigenvalue weighted by atomic mass is 19.1. The van der Waals surface area contributed by atoms with Gasteiger partial charge in [-0.05, 0) is 31.1 Å². The molecular weight excluding hydrogens is 179 g/mol. The van der Waals surface area contributed by atoms with Crippen molar-refractivity contribution in [1.29, 1.82) is 0 Å². The zero-order valence-electron chi connectivity index (χ0n) is 9.54. The van der Waals surface area contributed by atoms with Gasteiger partial charge in [0.15, 0.2) is 0 Å². The van der Waals surface area contributed by atoms with Gasteiger partial charge < -0.3 is 5.11 Å². The summed E-state index contributed by atoms with van der Waals surface area (Å²) in [5.74, 6) is 0.765. The van der Waals surface area contributed by atoms with Crippen molar-refractivity contribution in [2.75, 3.05) is 0 Å². The monoisotopic (exact) mass is 202 g/mol. The van der Waals surface area contributed by atoms with Crippen molar-refractivity contribution >= 4 is 0 Å². The molecule has 0 radical (unpaired) electrons. The fourth-order valence-corrected chi connectivity index (χ4v) is 1.77. The largest absolute Gasteiger partial charge is 0.393 e. The maximum absolute atomic E-state index is 11.9. The second-order valence-electron chi connectivity index (χ2n) is 4.34. The average Bonchev–Trinajstić information content (AvgIpc) is 2.12. The molecule has 0 saturated carbocycles. The van der Waals surface area contributed by atoms with Gasteiger partial charge in [0.2, 0.25) is 0 Å². The van der Waals surface area contributed by atoms with Crippen molar-refractivity contribution < 1.29 is 9.50 Å². The minimum Gasteiger partial charge on any atom is -0.393 e. The summed E-state index contributed by atoms with van der Waals surface area (Å²) in [7, 11) is 0. The number of aliphatic hydroxyl groups excluding tert-OH is 1. The summed E-state index contributed by atoms with van der Waals surface area (Å²) >= 11 is 0. The quantitative estimate of drug-likeness (QED) is 0.667. The molecule has 0 aromatic heterocycles. The lowest BCUT2D eigenvalue weighted by atomic mass is 9.87. The van der Waals surface area contributed by atoms with E-state index in [0.29, 0.717) is 18.7 Å². The van der Waals surface area contributed by atoms with Gasteiger partial charge in [-0.1, -0.05) is 33.3 Å². The summed E-state index contributed by atoms with van der Waals surface area (Å²) in [5, 5.41) is 9.83. The van der Waals surface area contributed by atoms with E-state index in [9.17, 15) is 9.50 Å². The summed E-state index contributed by atoms with van der Waals surface area (Å²) in [5.41, 5.74) is 0. The lowest BCUT2D eigenvalue weighted by Gasteiger charge is -2.23. The first-order valence-electron chi connectivity index (χ1n) is 5.55. The highest BCUT2D eigenvalue weighted by Crippen LogP contribution is 2.22. The van der Waals surface area contributed by atoms with Crippen LogP contribution < -0.4 is 0 Å². The molecule has 0 aromatic rings. The molecule has 2 unspecified atom stereocenters. The minimum absolute atomic E-state index is 0.210. The molecule has 0 heterocycles. The van der Waals surface area contributed by atoms with Crippen LogP contribution >= 0.6 is 0 Å². The van der Waals surface area contributed by atoms with E-state index in [1.165, 1.54) is 6.08 Å². The van der Waals surface area contributed by atoms with E-state index in [1.54, 1.807) is 0 Å². The Morgan fingerprint density at radius 1 is 1.36 bits per heavy atom. The molecule has 0 bridgehead atoms. The van der Waals surface area contributed by atoms with Crippen molar-refractivity contribution in [3.05, 3.63) is 12.4 Å². The van der Waals surface area contributed by atoms with E-state index in [1.807, 2.05) is 0 Å². The molecule has 0 fully saturated rings. The molecular formula is C12H23FO. The molecule has 1 nitrogen and oxygen atoms in total. The Morgan fingerprint density at radius 3 is 2.43 bits per heavy atom. The van der Waals surface area contributed by atoms with Gasteiger partial charge in [0, 0.05) is 0 Å². The number of halogens is 1. The molecule has 0 rings (SSSR count). The van der Waals surface area contributed by atoms with E-state index in [-0.39, 0.29) is 12.0 Å². The normalized spacial score (nSPS) is 16.4.